The van der Waals surface area contributed by atoms with Crippen LogP contribution in [0.5, 0.6) is 0 Å². The third kappa shape index (κ3) is 29.2. The van der Waals surface area contributed by atoms with E-state index < -0.39 is 0 Å². The van der Waals surface area contributed by atoms with E-state index >= 15 is 0 Å². The summed E-state index contributed by atoms with van der Waals surface area (Å²) in [4.78, 5) is 0. The Morgan fingerprint density at radius 1 is 1.67 bits per heavy atom. The van der Waals surface area contributed by atoms with Crippen molar-refractivity contribution in [1.82, 2.24) is 0 Å². The number of nitriles is 1. The molecule has 0 saturated heterocycles. The lowest BCUT2D eigenvalue weighted by atomic mass is 11.5. The third-order valence-corrected chi connectivity index (χ3v) is 0. The SMILES string of the molecule is COC.N#CN. The third-order valence-electron chi connectivity index (χ3n) is 0. The van der Waals surface area contributed by atoms with Gasteiger partial charge in [0.2, 0.25) is 0 Å². The second-order valence-electron chi connectivity index (χ2n) is 0.537. The number of methoxy groups -OCH3 is 1. The van der Waals surface area contributed by atoms with Gasteiger partial charge < -0.3 is 10.5 Å². The molecule has 0 heterocycles. The van der Waals surface area contributed by atoms with Crippen LogP contribution in [0.15, 0.2) is 0 Å². The van der Waals surface area contributed by atoms with Crippen LogP contribution >= 0.6 is 0 Å². The monoisotopic (exact) mass is 88.1 g/mol. The predicted octanol–water partition coefficient (Wildman–Crippen LogP) is -0.311. The van der Waals surface area contributed by atoms with E-state index in [0.29, 0.717) is 0 Å². The van der Waals surface area contributed by atoms with Gasteiger partial charge >= 0.3 is 0 Å². The molecule has 0 unspecified atom stereocenters. The van der Waals surface area contributed by atoms with Crippen LogP contribution in [0.4, 0.5) is 0 Å². The fourth-order valence-electron chi connectivity index (χ4n) is 0. The Bertz CT molecular complexity index is 38.5. The maximum Gasteiger partial charge on any atom is 0.173 e. The Morgan fingerprint density at radius 3 is 1.67 bits per heavy atom. The van der Waals surface area contributed by atoms with Gasteiger partial charge in [-0.25, -0.2) is 0 Å². The zero-order valence-corrected chi connectivity index (χ0v) is 3.93. The molecule has 0 saturated carbocycles. The average molecular weight is 88.1 g/mol. The van der Waals surface area contributed by atoms with Crippen molar-refractivity contribution in [2.45, 2.75) is 0 Å². The van der Waals surface area contributed by atoms with E-state index in [1.165, 1.54) is 6.19 Å². The molecule has 0 rings (SSSR count). The Balaban J connectivity index is 0. The van der Waals surface area contributed by atoms with Gasteiger partial charge in [-0.15, -0.1) is 0 Å². The van der Waals surface area contributed by atoms with Crippen LogP contribution in [0.1, 0.15) is 0 Å². The second kappa shape index (κ2) is 28.7. The molecule has 0 aromatic heterocycles. The fraction of sp³-hybridized carbons (Fsp3) is 0.667. The van der Waals surface area contributed by atoms with Gasteiger partial charge in [0.15, 0.2) is 6.19 Å². The first-order valence-electron chi connectivity index (χ1n) is 1.33. The summed E-state index contributed by atoms with van der Waals surface area (Å²) in [7, 11) is 3.25. The van der Waals surface area contributed by atoms with Gasteiger partial charge in [-0.1, -0.05) is 0 Å². The van der Waals surface area contributed by atoms with E-state index in [2.05, 4.69) is 10.5 Å². The molecule has 3 nitrogen and oxygen atoms in total. The Morgan fingerprint density at radius 2 is 1.67 bits per heavy atom. The molecule has 3 heteroatoms. The van der Waals surface area contributed by atoms with Gasteiger partial charge in [0.25, 0.3) is 0 Å². The number of ether oxygens (including phenoxy) is 1. The minimum atomic E-state index is 1.25. The molecule has 6 heavy (non-hydrogen) atoms. The number of rotatable bonds is 0. The van der Waals surface area contributed by atoms with E-state index in [1.54, 1.807) is 14.2 Å². The minimum Gasteiger partial charge on any atom is -0.388 e. The largest absolute Gasteiger partial charge is 0.388 e. The molecule has 0 atom stereocenters. The maximum atomic E-state index is 7.10. The zero-order chi connectivity index (χ0) is 5.41. The van der Waals surface area contributed by atoms with E-state index in [9.17, 15) is 0 Å². The summed E-state index contributed by atoms with van der Waals surface area (Å²) < 4.78 is 4.25. The van der Waals surface area contributed by atoms with Crippen LogP contribution < -0.4 is 5.73 Å². The summed E-state index contributed by atoms with van der Waals surface area (Å²) in [6.07, 6.45) is 1.25. The summed E-state index contributed by atoms with van der Waals surface area (Å²) in [5, 5.41) is 7.10. The van der Waals surface area contributed by atoms with E-state index in [-0.39, 0.29) is 0 Å². The predicted molar refractivity (Wildman–Crippen MR) is 22.7 cm³/mol. The van der Waals surface area contributed by atoms with E-state index in [1.807, 2.05) is 0 Å². The van der Waals surface area contributed by atoms with Gasteiger partial charge in [-0.2, -0.15) is 5.26 Å². The van der Waals surface area contributed by atoms with Crippen molar-refractivity contribution in [2.75, 3.05) is 14.2 Å². The van der Waals surface area contributed by atoms with Crippen LogP contribution in [0.25, 0.3) is 0 Å². The highest BCUT2D eigenvalue weighted by Gasteiger charge is 1.25. The van der Waals surface area contributed by atoms with Crippen molar-refractivity contribution >= 4 is 0 Å². The van der Waals surface area contributed by atoms with E-state index in [0.717, 1.165) is 0 Å². The first-order valence-corrected chi connectivity index (χ1v) is 1.33. The molecule has 0 bridgehead atoms. The molecule has 0 spiro atoms. The highest BCUT2D eigenvalue weighted by atomic mass is 16.4. The summed E-state index contributed by atoms with van der Waals surface area (Å²) in [5.41, 5.74) is 4.15. The molecule has 0 amide bonds. The van der Waals surface area contributed by atoms with Gasteiger partial charge in [-0.3, -0.25) is 0 Å². The van der Waals surface area contributed by atoms with Crippen molar-refractivity contribution in [3.8, 4) is 6.19 Å². The van der Waals surface area contributed by atoms with Crippen molar-refractivity contribution in [3.63, 3.8) is 0 Å². The molecule has 2 N–H and O–H groups in total. The highest BCUT2D eigenvalue weighted by Crippen LogP contribution is 1.28. The number of hydrogen-bond donors (Lipinski definition) is 1. The lowest BCUT2D eigenvalue weighted by Gasteiger charge is -1.61. The molecule has 0 aromatic carbocycles. The Hall–Kier alpha value is -0.750. The van der Waals surface area contributed by atoms with Gasteiger partial charge in [-0.05, 0) is 0 Å². The van der Waals surface area contributed by atoms with Crippen LogP contribution in [0, 0.1) is 11.5 Å². The summed E-state index contributed by atoms with van der Waals surface area (Å²) in [6, 6.07) is 0. The van der Waals surface area contributed by atoms with Crippen molar-refractivity contribution in [2.24, 2.45) is 5.73 Å². The number of hydrogen-bond acceptors (Lipinski definition) is 3. The summed E-state index contributed by atoms with van der Waals surface area (Å²) in [5.74, 6) is 0. The Labute approximate surface area is 37.3 Å². The molecular weight excluding hydrogens is 80.0 g/mol. The summed E-state index contributed by atoms with van der Waals surface area (Å²) >= 11 is 0. The van der Waals surface area contributed by atoms with Crippen LogP contribution in [0.2, 0.25) is 0 Å². The van der Waals surface area contributed by atoms with Crippen molar-refractivity contribution in [1.29, 1.82) is 5.26 Å². The standard InChI is InChI=1S/C2H6O.CH2N2/c1-3-2;2-1-3/h1-2H3;2H2. The van der Waals surface area contributed by atoms with Crippen LogP contribution in [0.3, 0.4) is 0 Å². The highest BCUT2D eigenvalue weighted by molar-refractivity contribution is 4.46. The van der Waals surface area contributed by atoms with Crippen molar-refractivity contribution < 1.29 is 4.74 Å². The molecule has 0 radical (unpaired) electrons. The molecule has 0 aliphatic carbocycles. The van der Waals surface area contributed by atoms with Gasteiger partial charge in [0, 0.05) is 14.2 Å². The Kier molecular flexibility index (Phi) is 43.0. The second-order valence-corrected chi connectivity index (χ2v) is 0.537. The minimum absolute atomic E-state index is 1.25. The molecule has 0 aliphatic heterocycles. The average Bonchev–Trinajstić information content (AvgIpc) is 1.39. The van der Waals surface area contributed by atoms with Crippen LogP contribution in [-0.2, 0) is 4.74 Å². The van der Waals surface area contributed by atoms with Crippen LogP contribution in [-0.4, -0.2) is 14.2 Å². The number of nitrogens with two attached hydrogens (primary N) is 1. The van der Waals surface area contributed by atoms with Gasteiger partial charge in [0.05, 0.1) is 0 Å². The smallest absolute Gasteiger partial charge is 0.173 e. The first-order chi connectivity index (χ1) is 2.83. The first kappa shape index (κ1) is 8.98. The normalized spacial score (nSPS) is 4.17. The molecule has 36 valence electrons. The lowest BCUT2D eigenvalue weighted by molar-refractivity contribution is 0.277. The maximum absolute atomic E-state index is 7.10. The van der Waals surface area contributed by atoms with Gasteiger partial charge in [0.1, 0.15) is 0 Å². The topological polar surface area (TPSA) is 59.0 Å². The van der Waals surface area contributed by atoms with E-state index in [4.69, 9.17) is 5.26 Å². The molecule has 0 aromatic rings. The number of nitrogens with zero attached hydrogens (tertiary/aromatic N) is 1. The van der Waals surface area contributed by atoms with Crippen molar-refractivity contribution in [3.05, 3.63) is 0 Å². The zero-order valence-electron chi connectivity index (χ0n) is 3.93. The fourth-order valence-corrected chi connectivity index (χ4v) is 0. The molecule has 0 fully saturated rings. The lowest BCUT2D eigenvalue weighted by Crippen LogP contribution is -1.69. The summed E-state index contributed by atoms with van der Waals surface area (Å²) in [6.45, 7) is 0. The quantitative estimate of drug-likeness (QED) is 0.326. The molecule has 0 aliphatic rings. The molecular formula is C3H8N2O.